The first-order valence-corrected chi connectivity index (χ1v) is 13.3. The van der Waals surface area contributed by atoms with E-state index in [9.17, 15) is 25.2 Å². The van der Waals surface area contributed by atoms with E-state index >= 15 is 0 Å². The lowest BCUT2D eigenvalue weighted by Gasteiger charge is -2.63. The van der Waals surface area contributed by atoms with Gasteiger partial charge in [-0.3, -0.25) is 4.79 Å². The number of carbonyl (C=O) groups is 1. The fraction of sp³-hybridized carbons (Fsp3) is 0.963. The molecule has 0 spiro atoms. The molecule has 4 aliphatic carbocycles. The van der Waals surface area contributed by atoms with Gasteiger partial charge in [0.05, 0.1) is 24.2 Å². The zero-order chi connectivity index (χ0) is 23.4. The van der Waals surface area contributed by atoms with Crippen molar-refractivity contribution in [2.24, 2.45) is 52.3 Å². The molecule has 184 valence electrons. The maximum absolute atomic E-state index is 11.6. The van der Waals surface area contributed by atoms with Crippen LogP contribution < -0.4 is 0 Å². The van der Waals surface area contributed by atoms with Gasteiger partial charge in [0.25, 0.3) is 0 Å². The van der Waals surface area contributed by atoms with Crippen LogP contribution in [0.1, 0.15) is 91.9 Å². The van der Waals surface area contributed by atoms with Crippen LogP contribution >= 0.6 is 0 Å². The van der Waals surface area contributed by atoms with E-state index in [1.807, 2.05) is 0 Å². The number of carboxylic acids is 1. The summed E-state index contributed by atoms with van der Waals surface area (Å²) in [6.07, 6.45) is 8.11. The Morgan fingerprint density at radius 1 is 0.969 bits per heavy atom. The van der Waals surface area contributed by atoms with Gasteiger partial charge in [-0.2, -0.15) is 0 Å². The van der Waals surface area contributed by atoms with Gasteiger partial charge in [-0.25, -0.2) is 0 Å². The second-order valence-electron chi connectivity index (χ2n) is 12.7. The third kappa shape index (κ3) is 3.84. The van der Waals surface area contributed by atoms with Gasteiger partial charge in [0.1, 0.15) is 0 Å². The molecule has 0 saturated heterocycles. The average molecular weight is 451 g/mol. The van der Waals surface area contributed by atoms with Crippen molar-refractivity contribution in [2.75, 3.05) is 0 Å². The Balaban J connectivity index is 1.51. The Labute approximate surface area is 194 Å². The van der Waals surface area contributed by atoms with E-state index in [-0.39, 0.29) is 41.0 Å². The minimum Gasteiger partial charge on any atom is -0.481 e. The van der Waals surface area contributed by atoms with E-state index in [1.54, 1.807) is 6.92 Å². The predicted octanol–water partition coefficient (Wildman–Crippen LogP) is 4.47. The van der Waals surface area contributed by atoms with Crippen molar-refractivity contribution >= 4 is 5.97 Å². The van der Waals surface area contributed by atoms with Crippen LogP contribution in [0.4, 0.5) is 0 Å². The minimum absolute atomic E-state index is 0.113. The Bertz CT molecular complexity index is 696. The molecule has 5 heteroatoms. The van der Waals surface area contributed by atoms with E-state index in [4.69, 9.17) is 0 Å². The third-order valence-corrected chi connectivity index (χ3v) is 11.2. The van der Waals surface area contributed by atoms with Crippen LogP contribution in [0.3, 0.4) is 0 Å². The van der Waals surface area contributed by atoms with Crippen molar-refractivity contribution < 1.29 is 25.2 Å². The Morgan fingerprint density at radius 3 is 2.38 bits per heavy atom. The molecule has 0 aromatic heterocycles. The van der Waals surface area contributed by atoms with Crippen molar-refractivity contribution in [3.05, 3.63) is 0 Å². The monoisotopic (exact) mass is 450 g/mol. The van der Waals surface area contributed by atoms with Crippen LogP contribution in [0, 0.1) is 52.3 Å². The van der Waals surface area contributed by atoms with Gasteiger partial charge in [-0.15, -0.1) is 0 Å². The minimum atomic E-state index is -0.715. The van der Waals surface area contributed by atoms with Gasteiger partial charge >= 0.3 is 5.97 Å². The number of aliphatic hydroxyl groups is 3. The largest absolute Gasteiger partial charge is 0.481 e. The molecule has 0 aliphatic heterocycles. The summed E-state index contributed by atoms with van der Waals surface area (Å²) in [5, 5.41) is 42.4. The number of aliphatic carboxylic acids is 1. The van der Waals surface area contributed by atoms with Crippen LogP contribution in [0.25, 0.3) is 0 Å². The second kappa shape index (κ2) is 8.85. The van der Waals surface area contributed by atoms with Gasteiger partial charge in [-0.1, -0.05) is 40.5 Å². The highest BCUT2D eigenvalue weighted by atomic mass is 16.4. The number of carboxylic acid groups (broad SMARTS) is 1. The first kappa shape index (κ1) is 24.5. The predicted molar refractivity (Wildman–Crippen MR) is 124 cm³/mol. The molecule has 0 amide bonds. The quantitative estimate of drug-likeness (QED) is 0.478. The zero-order valence-electron chi connectivity index (χ0n) is 20.5. The summed E-state index contributed by atoms with van der Waals surface area (Å²) < 4.78 is 0. The average Bonchev–Trinajstić information content (AvgIpc) is 3.08. The molecule has 4 aliphatic rings. The summed E-state index contributed by atoms with van der Waals surface area (Å²) in [7, 11) is 0. The first-order chi connectivity index (χ1) is 15.0. The highest BCUT2D eigenvalue weighted by molar-refractivity contribution is 5.69. The second-order valence-corrected chi connectivity index (χ2v) is 12.7. The van der Waals surface area contributed by atoms with E-state index in [2.05, 4.69) is 20.8 Å². The van der Waals surface area contributed by atoms with Crippen molar-refractivity contribution in [3.8, 4) is 0 Å². The fourth-order valence-electron chi connectivity index (χ4n) is 9.20. The van der Waals surface area contributed by atoms with Crippen LogP contribution in [-0.2, 0) is 4.79 Å². The molecule has 4 fully saturated rings. The topological polar surface area (TPSA) is 98.0 Å². The van der Waals surface area contributed by atoms with Crippen molar-refractivity contribution in [1.29, 1.82) is 0 Å². The zero-order valence-corrected chi connectivity index (χ0v) is 20.5. The van der Waals surface area contributed by atoms with Crippen molar-refractivity contribution in [2.45, 2.75) is 110 Å². The molecule has 0 unspecified atom stereocenters. The molecule has 32 heavy (non-hydrogen) atoms. The van der Waals surface area contributed by atoms with Crippen LogP contribution in [0.5, 0.6) is 0 Å². The number of fused-ring (bicyclic) bond motifs is 5. The smallest absolute Gasteiger partial charge is 0.306 e. The molecule has 4 rings (SSSR count). The molecule has 4 saturated carbocycles. The third-order valence-electron chi connectivity index (χ3n) is 11.2. The fourth-order valence-corrected chi connectivity index (χ4v) is 9.20. The van der Waals surface area contributed by atoms with E-state index in [1.165, 1.54) is 0 Å². The molecule has 0 radical (unpaired) electrons. The van der Waals surface area contributed by atoms with Crippen LogP contribution in [0.15, 0.2) is 0 Å². The van der Waals surface area contributed by atoms with Gasteiger partial charge in [0, 0.05) is 0 Å². The molecule has 0 aromatic rings. The Hall–Kier alpha value is -0.650. The van der Waals surface area contributed by atoms with Crippen LogP contribution in [0.2, 0.25) is 0 Å². The van der Waals surface area contributed by atoms with Crippen molar-refractivity contribution in [3.63, 3.8) is 0 Å². The maximum atomic E-state index is 11.6. The highest BCUT2D eigenvalue weighted by Gasteiger charge is 2.65. The maximum Gasteiger partial charge on any atom is 0.306 e. The summed E-state index contributed by atoms with van der Waals surface area (Å²) in [5.74, 6) is 1.16. The lowest BCUT2D eigenvalue weighted by Crippen LogP contribution is -2.62. The molecule has 0 bridgehead atoms. The molecule has 4 N–H and O–H groups in total. The lowest BCUT2D eigenvalue weighted by molar-refractivity contribution is -0.207. The van der Waals surface area contributed by atoms with Crippen molar-refractivity contribution in [1.82, 2.24) is 0 Å². The van der Waals surface area contributed by atoms with E-state index in [0.29, 0.717) is 36.0 Å². The van der Waals surface area contributed by atoms with E-state index < -0.39 is 5.97 Å². The molecule has 5 nitrogen and oxygen atoms in total. The number of aliphatic hydroxyl groups excluding tert-OH is 3. The van der Waals surface area contributed by atoms with Gasteiger partial charge in [0.2, 0.25) is 0 Å². The lowest BCUT2D eigenvalue weighted by atomic mass is 9.43. The summed E-state index contributed by atoms with van der Waals surface area (Å²) in [4.78, 5) is 11.2. The molecule has 0 heterocycles. The Morgan fingerprint density at radius 2 is 1.69 bits per heavy atom. The standard InChI is InChI=1S/C27H46O5/c1-15(6-5-7-16(2)25(31)32)19-8-9-20-24-21(14-23(30)27(19,20)4)26(3)11-10-18(28)12-17(26)13-22(24)29/h15-24,28-30H,5-14H2,1-4H3,(H,31,32)/t15-,16-,17+,18+,19+,20-,21-,22+,23-,24-,26-,27+/m0/s1. The summed E-state index contributed by atoms with van der Waals surface area (Å²) in [6, 6.07) is 0. The summed E-state index contributed by atoms with van der Waals surface area (Å²) in [6.45, 7) is 8.74. The normalized spacial score (nSPS) is 50.1. The molecular weight excluding hydrogens is 404 g/mol. The van der Waals surface area contributed by atoms with Gasteiger partial charge in [-0.05, 0) is 97.7 Å². The van der Waals surface area contributed by atoms with Crippen LogP contribution in [-0.4, -0.2) is 44.7 Å². The van der Waals surface area contributed by atoms with Gasteiger partial charge in [0.15, 0.2) is 0 Å². The number of rotatable bonds is 6. The molecular formula is C27H46O5. The summed E-state index contributed by atoms with van der Waals surface area (Å²) in [5.41, 5.74) is -0.0561. The highest BCUT2D eigenvalue weighted by Crippen LogP contribution is 2.68. The first-order valence-electron chi connectivity index (χ1n) is 13.3. The molecule has 0 aromatic carbocycles. The number of hydrogen-bond acceptors (Lipinski definition) is 4. The van der Waals surface area contributed by atoms with Gasteiger partial charge < -0.3 is 20.4 Å². The number of hydrogen-bond donors (Lipinski definition) is 4. The Kier molecular flexibility index (Phi) is 6.77. The van der Waals surface area contributed by atoms with E-state index in [0.717, 1.165) is 57.8 Å². The summed E-state index contributed by atoms with van der Waals surface area (Å²) >= 11 is 0. The SMILES string of the molecule is C[C@@H](CCC[C@H](C)[C@H]1CC[C@H]2[C@@H]3[C@H](O)C[C@H]4C[C@H](O)CC[C@]4(C)[C@H]3C[C@H](O)[C@]12C)C(=O)O. The molecule has 12 atom stereocenters.